The zero-order valence-electron chi connectivity index (χ0n) is 13.9. The minimum absolute atomic E-state index is 0.0154. The third-order valence-corrected chi connectivity index (χ3v) is 3.83. The van der Waals surface area contributed by atoms with Gasteiger partial charge in [0.2, 0.25) is 5.91 Å². The van der Waals surface area contributed by atoms with Gasteiger partial charge in [-0.2, -0.15) is 0 Å². The molecular formula is C16H33NO2. The summed E-state index contributed by atoms with van der Waals surface area (Å²) in [7, 11) is 0. The second-order valence-electron chi connectivity index (χ2n) is 6.66. The molecule has 3 heteroatoms. The van der Waals surface area contributed by atoms with E-state index in [1.54, 1.807) is 6.92 Å². The van der Waals surface area contributed by atoms with Gasteiger partial charge >= 0.3 is 0 Å². The Bertz CT molecular complexity index is 272. The van der Waals surface area contributed by atoms with Gasteiger partial charge in [-0.1, -0.05) is 26.7 Å². The number of hydrogen-bond donors (Lipinski definition) is 1. The Hall–Kier alpha value is -0.570. The summed E-state index contributed by atoms with van der Waals surface area (Å²) in [5.74, 6) is 0.614. The van der Waals surface area contributed by atoms with Gasteiger partial charge in [0, 0.05) is 19.1 Å². The van der Waals surface area contributed by atoms with E-state index in [9.17, 15) is 4.79 Å². The van der Waals surface area contributed by atoms with Gasteiger partial charge in [-0.3, -0.25) is 4.79 Å². The molecule has 0 heterocycles. The van der Waals surface area contributed by atoms with Crippen molar-refractivity contribution >= 4 is 5.91 Å². The molecular weight excluding hydrogens is 238 g/mol. The molecule has 19 heavy (non-hydrogen) atoms. The van der Waals surface area contributed by atoms with Gasteiger partial charge in [0.05, 0.1) is 5.60 Å². The fraction of sp³-hybridized carbons (Fsp3) is 0.938. The van der Waals surface area contributed by atoms with Crippen LogP contribution in [0.25, 0.3) is 0 Å². The molecule has 1 N–H and O–H groups in total. The molecule has 0 saturated heterocycles. The Kier molecular flexibility index (Phi) is 7.65. The van der Waals surface area contributed by atoms with E-state index in [4.69, 9.17) is 4.74 Å². The predicted octanol–water partition coefficient (Wildman–Crippen LogP) is 3.91. The Labute approximate surface area is 119 Å². The van der Waals surface area contributed by atoms with Crippen molar-refractivity contribution in [2.24, 2.45) is 5.92 Å². The van der Waals surface area contributed by atoms with Crippen LogP contribution < -0.4 is 5.32 Å². The van der Waals surface area contributed by atoms with E-state index in [1.807, 2.05) is 13.8 Å². The van der Waals surface area contributed by atoms with E-state index in [2.05, 4.69) is 33.0 Å². The quantitative estimate of drug-likeness (QED) is 0.690. The highest BCUT2D eigenvalue weighted by Crippen LogP contribution is 2.29. The number of amides is 1. The summed E-state index contributed by atoms with van der Waals surface area (Å²) in [5.41, 5.74) is -0.286. The Morgan fingerprint density at radius 2 is 1.79 bits per heavy atom. The van der Waals surface area contributed by atoms with Crippen molar-refractivity contribution in [3.63, 3.8) is 0 Å². The summed E-state index contributed by atoms with van der Waals surface area (Å²) in [4.78, 5) is 11.1. The molecule has 0 aromatic rings. The number of hydrogen-bond acceptors (Lipinski definition) is 2. The van der Waals surface area contributed by atoms with Gasteiger partial charge in [-0.15, -0.1) is 0 Å². The van der Waals surface area contributed by atoms with Crippen LogP contribution in [0.1, 0.15) is 74.1 Å². The maximum Gasteiger partial charge on any atom is 0.217 e. The fourth-order valence-corrected chi connectivity index (χ4v) is 2.62. The zero-order chi connectivity index (χ0) is 15.1. The van der Waals surface area contributed by atoms with Crippen molar-refractivity contribution in [2.75, 3.05) is 6.61 Å². The standard InChI is InChI=1S/C16H33NO2/c1-8-10-14(9-2)16(6,7)19-12-11-15(4,5)17-13(3)18/h14H,8-12H2,1-7H3,(H,17,18). The Balaban J connectivity index is 4.26. The molecule has 0 aromatic carbocycles. The average Bonchev–Trinajstić information content (AvgIpc) is 2.22. The van der Waals surface area contributed by atoms with Crippen LogP contribution in [0.4, 0.5) is 0 Å². The van der Waals surface area contributed by atoms with Crippen LogP contribution in [0.5, 0.6) is 0 Å². The highest BCUT2D eigenvalue weighted by atomic mass is 16.5. The molecule has 0 aliphatic heterocycles. The van der Waals surface area contributed by atoms with Crippen LogP contribution in [-0.4, -0.2) is 23.7 Å². The van der Waals surface area contributed by atoms with Crippen LogP contribution in [0.15, 0.2) is 0 Å². The highest BCUT2D eigenvalue weighted by molar-refractivity contribution is 5.73. The monoisotopic (exact) mass is 271 g/mol. The normalized spacial score (nSPS) is 14.3. The topological polar surface area (TPSA) is 38.3 Å². The SMILES string of the molecule is CCCC(CC)C(C)(C)OCCC(C)(C)NC(C)=O. The summed E-state index contributed by atoms with van der Waals surface area (Å²) >= 11 is 0. The van der Waals surface area contributed by atoms with Gasteiger partial charge in [0.1, 0.15) is 0 Å². The van der Waals surface area contributed by atoms with E-state index in [1.165, 1.54) is 12.8 Å². The van der Waals surface area contributed by atoms with Crippen LogP contribution in [0, 0.1) is 5.92 Å². The van der Waals surface area contributed by atoms with Crippen LogP contribution >= 0.6 is 0 Å². The largest absolute Gasteiger partial charge is 0.375 e. The number of carbonyl (C=O) groups excluding carboxylic acids is 1. The van der Waals surface area contributed by atoms with E-state index in [-0.39, 0.29) is 17.0 Å². The van der Waals surface area contributed by atoms with Crippen LogP contribution in [-0.2, 0) is 9.53 Å². The molecule has 114 valence electrons. The minimum Gasteiger partial charge on any atom is -0.375 e. The second-order valence-corrected chi connectivity index (χ2v) is 6.66. The molecule has 0 aliphatic carbocycles. The Morgan fingerprint density at radius 3 is 2.21 bits per heavy atom. The third kappa shape index (κ3) is 7.56. The van der Waals surface area contributed by atoms with E-state index in [0.29, 0.717) is 12.5 Å². The first kappa shape index (κ1) is 18.4. The molecule has 0 spiro atoms. The zero-order valence-corrected chi connectivity index (χ0v) is 13.9. The average molecular weight is 271 g/mol. The predicted molar refractivity (Wildman–Crippen MR) is 81.2 cm³/mol. The number of rotatable bonds is 9. The molecule has 0 radical (unpaired) electrons. The maximum atomic E-state index is 11.1. The molecule has 0 aliphatic rings. The molecule has 0 saturated carbocycles. The van der Waals surface area contributed by atoms with Crippen LogP contribution in [0.2, 0.25) is 0 Å². The van der Waals surface area contributed by atoms with Gasteiger partial charge in [0.15, 0.2) is 0 Å². The van der Waals surface area contributed by atoms with E-state index >= 15 is 0 Å². The van der Waals surface area contributed by atoms with Crippen molar-refractivity contribution in [1.29, 1.82) is 0 Å². The third-order valence-electron chi connectivity index (χ3n) is 3.83. The summed E-state index contributed by atoms with van der Waals surface area (Å²) in [5, 5.41) is 2.95. The Morgan fingerprint density at radius 1 is 1.21 bits per heavy atom. The number of ether oxygens (including phenoxy) is 1. The first-order valence-corrected chi connectivity index (χ1v) is 7.57. The molecule has 1 amide bonds. The summed E-state index contributed by atoms with van der Waals surface area (Å²) in [6.45, 7) is 15.1. The van der Waals surface area contributed by atoms with Crippen molar-refractivity contribution < 1.29 is 9.53 Å². The molecule has 1 atom stereocenters. The molecule has 3 nitrogen and oxygen atoms in total. The lowest BCUT2D eigenvalue weighted by atomic mass is 9.85. The molecule has 0 rings (SSSR count). The molecule has 0 aromatic heterocycles. The van der Waals surface area contributed by atoms with Crippen molar-refractivity contribution in [3.8, 4) is 0 Å². The first-order chi connectivity index (χ1) is 8.64. The van der Waals surface area contributed by atoms with Crippen molar-refractivity contribution in [1.82, 2.24) is 5.32 Å². The number of nitrogens with one attached hydrogen (secondary N) is 1. The molecule has 0 fully saturated rings. The van der Waals surface area contributed by atoms with E-state index in [0.717, 1.165) is 12.8 Å². The molecule has 0 bridgehead atoms. The summed E-state index contributed by atoms with van der Waals surface area (Å²) in [6, 6.07) is 0. The van der Waals surface area contributed by atoms with Gasteiger partial charge < -0.3 is 10.1 Å². The summed E-state index contributed by atoms with van der Waals surface area (Å²) < 4.78 is 6.10. The van der Waals surface area contributed by atoms with Gasteiger partial charge in [-0.05, 0) is 46.5 Å². The minimum atomic E-state index is -0.200. The number of carbonyl (C=O) groups is 1. The van der Waals surface area contributed by atoms with Gasteiger partial charge in [0.25, 0.3) is 0 Å². The highest BCUT2D eigenvalue weighted by Gasteiger charge is 2.29. The fourth-order valence-electron chi connectivity index (χ4n) is 2.62. The maximum absolute atomic E-state index is 11.1. The van der Waals surface area contributed by atoms with E-state index < -0.39 is 0 Å². The van der Waals surface area contributed by atoms with Crippen molar-refractivity contribution in [3.05, 3.63) is 0 Å². The second kappa shape index (κ2) is 7.88. The smallest absolute Gasteiger partial charge is 0.217 e. The summed E-state index contributed by atoms with van der Waals surface area (Å²) in [6.07, 6.45) is 4.38. The lowest BCUT2D eigenvalue weighted by Gasteiger charge is -2.35. The van der Waals surface area contributed by atoms with Crippen LogP contribution in [0.3, 0.4) is 0 Å². The first-order valence-electron chi connectivity index (χ1n) is 7.57. The molecule has 1 unspecified atom stereocenters. The van der Waals surface area contributed by atoms with Crippen molar-refractivity contribution in [2.45, 2.75) is 85.3 Å². The lowest BCUT2D eigenvalue weighted by molar-refractivity contribution is -0.121. The van der Waals surface area contributed by atoms with Gasteiger partial charge in [-0.25, -0.2) is 0 Å². The lowest BCUT2D eigenvalue weighted by Crippen LogP contribution is -2.44.